The predicted molar refractivity (Wildman–Crippen MR) is 99.1 cm³/mol. The minimum Gasteiger partial charge on any atom is -0.466 e. The minimum atomic E-state index is -0.794. The molecule has 10 heteroatoms. The number of aromatic nitrogens is 1. The van der Waals surface area contributed by atoms with E-state index in [1.807, 2.05) is 0 Å². The van der Waals surface area contributed by atoms with Gasteiger partial charge in [0.15, 0.2) is 11.8 Å². The van der Waals surface area contributed by atoms with Crippen molar-refractivity contribution in [3.8, 4) is 0 Å². The lowest BCUT2D eigenvalue weighted by atomic mass is 10.2. The number of ether oxygens (including phenoxy) is 1. The van der Waals surface area contributed by atoms with E-state index in [0.29, 0.717) is 17.2 Å². The highest BCUT2D eigenvalue weighted by molar-refractivity contribution is 7.99. The normalized spacial score (nSPS) is 19.0. The summed E-state index contributed by atoms with van der Waals surface area (Å²) in [5.41, 5.74) is 0.319. The number of hydrogen-bond acceptors (Lipinski definition) is 7. The molecule has 1 saturated heterocycles. The van der Waals surface area contributed by atoms with Crippen molar-refractivity contribution in [2.24, 2.45) is 0 Å². The molecule has 0 radical (unpaired) electrons. The minimum absolute atomic E-state index is 0.133. The maximum Gasteiger partial charge on any atom is 0.330 e. The first-order valence-corrected chi connectivity index (χ1v) is 9.41. The lowest BCUT2D eigenvalue weighted by molar-refractivity contribution is -0.155. The van der Waals surface area contributed by atoms with Crippen molar-refractivity contribution in [1.82, 2.24) is 9.88 Å². The number of carbonyl (C=O) groups is 3. The van der Waals surface area contributed by atoms with Gasteiger partial charge in [-0.1, -0.05) is 11.6 Å². The molecule has 2 amide bonds. The van der Waals surface area contributed by atoms with Gasteiger partial charge in [0.2, 0.25) is 5.91 Å². The summed E-state index contributed by atoms with van der Waals surface area (Å²) in [4.78, 5) is 41.7. The molecule has 2 atom stereocenters. The Labute approximate surface area is 164 Å². The Bertz CT molecular complexity index is 845. The van der Waals surface area contributed by atoms with Crippen LogP contribution in [0.4, 0.5) is 5.69 Å². The Morgan fingerprint density at radius 3 is 2.89 bits per heavy atom. The summed E-state index contributed by atoms with van der Waals surface area (Å²) in [5.74, 6) is -0.565. The third-order valence-corrected chi connectivity index (χ3v) is 5.39. The molecule has 3 rings (SSSR count). The van der Waals surface area contributed by atoms with Gasteiger partial charge in [-0.05, 0) is 24.3 Å². The molecule has 0 saturated carbocycles. The van der Waals surface area contributed by atoms with Crippen molar-refractivity contribution >= 4 is 46.8 Å². The molecule has 0 aromatic carbocycles. The number of rotatable bonds is 5. The van der Waals surface area contributed by atoms with Crippen LogP contribution in [-0.4, -0.2) is 46.1 Å². The summed E-state index contributed by atoms with van der Waals surface area (Å²) < 4.78 is 10.4. The summed E-state index contributed by atoms with van der Waals surface area (Å²) in [6.45, 7) is 0.877. The van der Waals surface area contributed by atoms with Gasteiger partial charge in [-0.15, -0.1) is 11.8 Å². The molecule has 8 nitrogen and oxygen atoms in total. The average Bonchev–Trinajstić information content (AvgIpc) is 3.30. The van der Waals surface area contributed by atoms with Crippen LogP contribution in [0.15, 0.2) is 41.1 Å². The number of nitrogens with one attached hydrogen (secondary N) is 1. The Morgan fingerprint density at radius 1 is 1.41 bits per heavy atom. The van der Waals surface area contributed by atoms with Crippen molar-refractivity contribution < 1.29 is 23.5 Å². The molecule has 2 aromatic heterocycles. The largest absolute Gasteiger partial charge is 0.466 e. The molecule has 2 aromatic rings. The zero-order chi connectivity index (χ0) is 19.4. The summed E-state index contributed by atoms with van der Waals surface area (Å²) in [6.07, 6.45) is 3.00. The highest BCUT2D eigenvalue weighted by Crippen LogP contribution is 2.41. The van der Waals surface area contributed by atoms with E-state index in [-0.39, 0.29) is 11.1 Å². The first kappa shape index (κ1) is 19.2. The van der Waals surface area contributed by atoms with Crippen LogP contribution >= 0.6 is 23.4 Å². The molecule has 1 fully saturated rings. The van der Waals surface area contributed by atoms with Crippen molar-refractivity contribution in [2.45, 2.75) is 18.3 Å². The van der Waals surface area contributed by atoms with E-state index < -0.39 is 29.9 Å². The van der Waals surface area contributed by atoms with Gasteiger partial charge in [-0.25, -0.2) is 9.78 Å². The standard InChI is InChI=1S/C17H16ClN3O5S/c1-10(22)21-12(9-27-16(21)13-5-3-7-25-13)17(24)26-8-14(23)20-11-4-2-6-19-15(11)18/h2-7,12,16H,8-9H2,1H3,(H,20,23)/t12-,16+/m1/s1. The van der Waals surface area contributed by atoms with E-state index in [2.05, 4.69) is 10.3 Å². The summed E-state index contributed by atoms with van der Waals surface area (Å²) in [5, 5.41) is 2.24. The summed E-state index contributed by atoms with van der Waals surface area (Å²) in [7, 11) is 0. The van der Waals surface area contributed by atoms with E-state index in [0.717, 1.165) is 0 Å². The molecule has 142 valence electrons. The zero-order valence-electron chi connectivity index (χ0n) is 14.3. The van der Waals surface area contributed by atoms with Gasteiger partial charge in [0.05, 0.1) is 12.0 Å². The summed E-state index contributed by atoms with van der Waals surface area (Å²) >= 11 is 7.26. The van der Waals surface area contributed by atoms with E-state index >= 15 is 0 Å². The highest BCUT2D eigenvalue weighted by Gasteiger charge is 2.43. The Kier molecular flexibility index (Phi) is 6.02. The highest BCUT2D eigenvalue weighted by atomic mass is 35.5. The Hall–Kier alpha value is -2.52. The lowest BCUT2D eigenvalue weighted by Gasteiger charge is -2.25. The molecule has 1 aliphatic heterocycles. The van der Waals surface area contributed by atoms with E-state index in [1.54, 1.807) is 24.3 Å². The number of carbonyl (C=O) groups excluding carboxylic acids is 3. The van der Waals surface area contributed by atoms with Crippen LogP contribution in [0.1, 0.15) is 18.1 Å². The molecule has 3 heterocycles. The SMILES string of the molecule is CC(=O)N1[C@@H](C(=O)OCC(=O)Nc2cccnc2Cl)CS[C@H]1c1ccco1. The fourth-order valence-corrected chi connectivity index (χ4v) is 4.20. The van der Waals surface area contributed by atoms with E-state index in [1.165, 1.54) is 36.0 Å². The predicted octanol–water partition coefficient (Wildman–Crippen LogP) is 2.47. The molecule has 27 heavy (non-hydrogen) atoms. The van der Waals surface area contributed by atoms with E-state index in [4.69, 9.17) is 20.8 Å². The monoisotopic (exact) mass is 409 g/mol. The van der Waals surface area contributed by atoms with Gasteiger partial charge in [-0.2, -0.15) is 0 Å². The number of furan rings is 1. The van der Waals surface area contributed by atoms with Crippen LogP contribution in [0.2, 0.25) is 5.15 Å². The lowest BCUT2D eigenvalue weighted by Crippen LogP contribution is -2.43. The second-order valence-corrected chi connectivity index (χ2v) is 7.11. The number of hydrogen-bond donors (Lipinski definition) is 1. The summed E-state index contributed by atoms with van der Waals surface area (Å²) in [6, 6.07) is 5.86. The molecule has 0 spiro atoms. The van der Waals surface area contributed by atoms with Crippen LogP contribution in [0.5, 0.6) is 0 Å². The zero-order valence-corrected chi connectivity index (χ0v) is 15.8. The van der Waals surface area contributed by atoms with Crippen molar-refractivity contribution in [3.05, 3.63) is 47.6 Å². The fourth-order valence-electron chi connectivity index (χ4n) is 2.62. The van der Waals surface area contributed by atoms with E-state index in [9.17, 15) is 14.4 Å². The van der Waals surface area contributed by atoms with Crippen molar-refractivity contribution in [2.75, 3.05) is 17.7 Å². The number of esters is 1. The van der Waals surface area contributed by atoms with Crippen LogP contribution < -0.4 is 5.32 Å². The molecular weight excluding hydrogens is 394 g/mol. The fraction of sp³-hybridized carbons (Fsp3) is 0.294. The molecule has 1 N–H and O–H groups in total. The molecule has 0 aliphatic carbocycles. The average molecular weight is 410 g/mol. The second kappa shape index (κ2) is 8.45. The third-order valence-electron chi connectivity index (χ3n) is 3.80. The smallest absolute Gasteiger partial charge is 0.330 e. The van der Waals surface area contributed by atoms with Gasteiger partial charge in [0.25, 0.3) is 5.91 Å². The molecule has 1 aliphatic rings. The Morgan fingerprint density at radius 2 is 2.22 bits per heavy atom. The number of halogens is 1. The quantitative estimate of drug-likeness (QED) is 0.597. The van der Waals surface area contributed by atoms with Crippen LogP contribution in [0, 0.1) is 0 Å². The second-order valence-electron chi connectivity index (χ2n) is 5.64. The van der Waals surface area contributed by atoms with Crippen molar-refractivity contribution in [3.63, 3.8) is 0 Å². The molecule has 0 bridgehead atoms. The Balaban J connectivity index is 1.59. The third kappa shape index (κ3) is 4.42. The maximum absolute atomic E-state index is 12.4. The van der Waals surface area contributed by atoms with Crippen LogP contribution in [-0.2, 0) is 19.1 Å². The van der Waals surface area contributed by atoms with Gasteiger partial charge < -0.3 is 19.4 Å². The number of amides is 2. The number of thioether (sulfide) groups is 1. The van der Waals surface area contributed by atoms with Gasteiger partial charge in [0, 0.05) is 18.9 Å². The van der Waals surface area contributed by atoms with Crippen LogP contribution in [0.3, 0.4) is 0 Å². The first-order chi connectivity index (χ1) is 13.0. The number of nitrogens with zero attached hydrogens (tertiary/aromatic N) is 2. The van der Waals surface area contributed by atoms with Gasteiger partial charge in [-0.3, -0.25) is 9.59 Å². The van der Waals surface area contributed by atoms with Crippen LogP contribution in [0.25, 0.3) is 0 Å². The maximum atomic E-state index is 12.4. The first-order valence-electron chi connectivity index (χ1n) is 7.98. The molecule has 0 unspecified atom stereocenters. The van der Waals surface area contributed by atoms with Gasteiger partial charge in [0.1, 0.15) is 17.2 Å². The molecular formula is C17H16ClN3O5S. The van der Waals surface area contributed by atoms with Gasteiger partial charge >= 0.3 is 5.97 Å². The number of anilines is 1. The topological polar surface area (TPSA) is 102 Å². The number of pyridine rings is 1. The van der Waals surface area contributed by atoms with Crippen molar-refractivity contribution in [1.29, 1.82) is 0 Å².